The number of hydrogen-bond acceptors (Lipinski definition) is 4. The molecule has 0 saturated carbocycles. The van der Waals surface area contributed by atoms with Crippen LogP contribution in [0.3, 0.4) is 0 Å². The molecule has 0 spiro atoms. The Balaban J connectivity index is 1.95. The summed E-state index contributed by atoms with van der Waals surface area (Å²) in [5, 5.41) is 2.77. The van der Waals surface area contributed by atoms with Gasteiger partial charge in [0.05, 0.1) is 10.8 Å². The summed E-state index contributed by atoms with van der Waals surface area (Å²) in [5.41, 5.74) is 0.517. The van der Waals surface area contributed by atoms with Gasteiger partial charge in [0, 0.05) is 31.7 Å². The number of nitrogens with one attached hydrogen (secondary N) is 2. The zero-order chi connectivity index (χ0) is 19.2. The van der Waals surface area contributed by atoms with Crippen molar-refractivity contribution >= 4 is 27.5 Å². The van der Waals surface area contributed by atoms with Crippen LogP contribution in [0.4, 0.5) is 5.69 Å². The molecule has 26 heavy (non-hydrogen) atoms. The monoisotopic (exact) mass is 381 g/mol. The van der Waals surface area contributed by atoms with Crippen molar-refractivity contribution in [3.63, 3.8) is 0 Å². The van der Waals surface area contributed by atoms with Gasteiger partial charge in [0.1, 0.15) is 0 Å². The Hall–Kier alpha value is -1.93. The predicted molar refractivity (Wildman–Crippen MR) is 100 cm³/mol. The smallest absolute Gasteiger partial charge is 0.240 e. The Bertz CT molecular complexity index is 731. The molecule has 144 valence electrons. The first kappa shape index (κ1) is 20.4. The third kappa shape index (κ3) is 5.28. The molecule has 1 fully saturated rings. The van der Waals surface area contributed by atoms with Crippen LogP contribution in [-0.2, 0) is 19.6 Å². The number of unbranched alkanes of at least 4 members (excludes halogenated alkanes) is 1. The van der Waals surface area contributed by atoms with Gasteiger partial charge in [0.15, 0.2) is 0 Å². The second-order valence-corrected chi connectivity index (χ2v) is 8.27. The van der Waals surface area contributed by atoms with E-state index in [2.05, 4.69) is 17.0 Å². The maximum Gasteiger partial charge on any atom is 0.240 e. The van der Waals surface area contributed by atoms with Crippen molar-refractivity contribution in [3.05, 3.63) is 24.3 Å². The summed E-state index contributed by atoms with van der Waals surface area (Å²) in [6, 6.07) is 6.04. The summed E-state index contributed by atoms with van der Waals surface area (Å²) >= 11 is 0. The van der Waals surface area contributed by atoms with E-state index in [0.29, 0.717) is 31.7 Å². The van der Waals surface area contributed by atoms with Crippen molar-refractivity contribution in [2.45, 2.75) is 44.4 Å². The Morgan fingerprint density at radius 3 is 2.50 bits per heavy atom. The normalized spacial score (nSPS) is 17.5. The molecule has 0 radical (unpaired) electrons. The van der Waals surface area contributed by atoms with E-state index in [-0.39, 0.29) is 29.0 Å². The van der Waals surface area contributed by atoms with E-state index in [1.165, 1.54) is 12.1 Å². The molecule has 1 atom stereocenters. The van der Waals surface area contributed by atoms with E-state index in [4.69, 9.17) is 0 Å². The third-order valence-corrected chi connectivity index (χ3v) is 5.82. The van der Waals surface area contributed by atoms with Crippen LogP contribution in [0.25, 0.3) is 0 Å². The van der Waals surface area contributed by atoms with Gasteiger partial charge in [-0.1, -0.05) is 20.3 Å². The Kier molecular flexibility index (Phi) is 7.16. The van der Waals surface area contributed by atoms with Crippen LogP contribution in [0.5, 0.6) is 0 Å². The van der Waals surface area contributed by atoms with Crippen LogP contribution in [0.15, 0.2) is 29.2 Å². The number of carbonyl (C=O) groups excluding carboxylic acids is 2. The van der Waals surface area contributed by atoms with Gasteiger partial charge in [-0.25, -0.2) is 13.1 Å². The van der Waals surface area contributed by atoms with Crippen molar-refractivity contribution in [3.8, 4) is 0 Å². The number of carbonyl (C=O) groups is 2. The molecule has 0 aromatic heterocycles. The maximum atomic E-state index is 12.4. The van der Waals surface area contributed by atoms with E-state index in [9.17, 15) is 18.0 Å². The summed E-state index contributed by atoms with van der Waals surface area (Å²) in [7, 11) is -3.52. The zero-order valence-corrected chi connectivity index (χ0v) is 16.1. The number of amides is 2. The van der Waals surface area contributed by atoms with Crippen LogP contribution < -0.4 is 10.0 Å². The fourth-order valence-corrected chi connectivity index (χ4v) is 3.93. The van der Waals surface area contributed by atoms with E-state index in [0.717, 1.165) is 12.8 Å². The molecular formula is C18H27N3O4S. The second-order valence-electron chi connectivity index (χ2n) is 6.51. The number of likely N-dealkylation sites (tertiary alicyclic amines) is 1. The number of nitrogens with zero attached hydrogens (tertiary/aromatic N) is 1. The second kappa shape index (κ2) is 9.14. The number of benzene rings is 1. The third-order valence-electron chi connectivity index (χ3n) is 4.34. The standard InChI is InChI=1S/C18H27N3O4S/c1-3-5-11-21-13-14(12-17(21)22)18(23)20-15-6-8-16(9-7-15)26(24,25)19-10-4-2/h6-9,14,19H,3-5,10-13H2,1-2H3,(H,20,23)/t14-/m0/s1. The quantitative estimate of drug-likeness (QED) is 0.683. The lowest BCUT2D eigenvalue weighted by molar-refractivity contribution is -0.128. The van der Waals surface area contributed by atoms with Crippen molar-refractivity contribution in [2.24, 2.45) is 5.92 Å². The van der Waals surface area contributed by atoms with Crippen molar-refractivity contribution < 1.29 is 18.0 Å². The van der Waals surface area contributed by atoms with E-state index < -0.39 is 10.0 Å². The van der Waals surface area contributed by atoms with Gasteiger partial charge >= 0.3 is 0 Å². The molecule has 2 N–H and O–H groups in total. The summed E-state index contributed by atoms with van der Waals surface area (Å²) in [6.45, 7) is 5.46. The maximum absolute atomic E-state index is 12.4. The summed E-state index contributed by atoms with van der Waals surface area (Å²) in [4.78, 5) is 26.2. The number of hydrogen-bond donors (Lipinski definition) is 2. The van der Waals surface area contributed by atoms with Crippen molar-refractivity contribution in [1.82, 2.24) is 9.62 Å². The first-order valence-electron chi connectivity index (χ1n) is 9.05. The van der Waals surface area contributed by atoms with Gasteiger partial charge in [-0.3, -0.25) is 9.59 Å². The summed E-state index contributed by atoms with van der Waals surface area (Å²) < 4.78 is 26.6. The molecule has 7 nitrogen and oxygen atoms in total. The Labute approximate surface area is 155 Å². The largest absolute Gasteiger partial charge is 0.342 e. The molecule has 1 aromatic carbocycles. The fraction of sp³-hybridized carbons (Fsp3) is 0.556. The van der Waals surface area contributed by atoms with Crippen LogP contribution in [-0.4, -0.2) is 44.8 Å². The molecule has 0 aliphatic carbocycles. The Morgan fingerprint density at radius 2 is 1.88 bits per heavy atom. The van der Waals surface area contributed by atoms with Gasteiger partial charge < -0.3 is 10.2 Å². The van der Waals surface area contributed by atoms with E-state index in [1.807, 2.05) is 6.92 Å². The van der Waals surface area contributed by atoms with Gasteiger partial charge in [-0.2, -0.15) is 0 Å². The highest BCUT2D eigenvalue weighted by atomic mass is 32.2. The van der Waals surface area contributed by atoms with Crippen LogP contribution in [0.2, 0.25) is 0 Å². The molecule has 2 rings (SSSR count). The average Bonchev–Trinajstić information content (AvgIpc) is 2.99. The van der Waals surface area contributed by atoms with Crippen LogP contribution >= 0.6 is 0 Å². The highest BCUT2D eigenvalue weighted by Crippen LogP contribution is 2.21. The van der Waals surface area contributed by atoms with E-state index >= 15 is 0 Å². The Morgan fingerprint density at radius 1 is 1.19 bits per heavy atom. The highest BCUT2D eigenvalue weighted by Gasteiger charge is 2.33. The number of anilines is 1. The molecule has 1 saturated heterocycles. The average molecular weight is 381 g/mol. The molecular weight excluding hydrogens is 354 g/mol. The van der Waals surface area contributed by atoms with Gasteiger partial charge in [0.2, 0.25) is 21.8 Å². The van der Waals surface area contributed by atoms with Crippen LogP contribution in [0, 0.1) is 5.92 Å². The van der Waals surface area contributed by atoms with Crippen molar-refractivity contribution in [1.29, 1.82) is 0 Å². The first-order valence-corrected chi connectivity index (χ1v) is 10.5. The first-order chi connectivity index (χ1) is 12.4. The lowest BCUT2D eigenvalue weighted by atomic mass is 10.1. The SMILES string of the molecule is CCCCN1C[C@@H](C(=O)Nc2ccc(S(=O)(=O)NCCC)cc2)CC1=O. The molecule has 0 unspecified atom stereocenters. The summed E-state index contributed by atoms with van der Waals surface area (Å²) in [6.07, 6.45) is 2.87. The van der Waals surface area contributed by atoms with Crippen molar-refractivity contribution in [2.75, 3.05) is 25.0 Å². The number of sulfonamides is 1. The van der Waals surface area contributed by atoms with Crippen LogP contribution in [0.1, 0.15) is 39.5 Å². The molecule has 2 amide bonds. The molecule has 0 bridgehead atoms. The minimum atomic E-state index is -3.52. The molecule has 1 heterocycles. The zero-order valence-electron chi connectivity index (χ0n) is 15.3. The summed E-state index contributed by atoms with van der Waals surface area (Å²) in [5.74, 6) is -0.562. The van der Waals surface area contributed by atoms with Gasteiger partial charge in [-0.15, -0.1) is 0 Å². The predicted octanol–water partition coefficient (Wildman–Crippen LogP) is 1.96. The molecule has 1 aliphatic heterocycles. The highest BCUT2D eigenvalue weighted by molar-refractivity contribution is 7.89. The molecule has 1 aliphatic rings. The minimum Gasteiger partial charge on any atom is -0.342 e. The lowest BCUT2D eigenvalue weighted by Gasteiger charge is -2.16. The topological polar surface area (TPSA) is 95.6 Å². The van der Waals surface area contributed by atoms with E-state index in [1.54, 1.807) is 17.0 Å². The van der Waals surface area contributed by atoms with Gasteiger partial charge in [0.25, 0.3) is 0 Å². The lowest BCUT2D eigenvalue weighted by Crippen LogP contribution is -2.29. The molecule has 8 heteroatoms. The fourth-order valence-electron chi connectivity index (χ4n) is 2.79. The number of rotatable bonds is 9. The molecule has 1 aromatic rings. The van der Waals surface area contributed by atoms with Gasteiger partial charge in [-0.05, 0) is 37.1 Å². The minimum absolute atomic E-state index is 0.0158.